The standard InChI is InChI=1S/C36H55NO5/c1-7-42-24-30(13-9-12-26(4)11-8-10-25(2)3)31-16-18-36(34(31)40)33-28(17-21-38)14-15-29(32(33)27(5)23-39)22-35(36,41)19-20-37-6/h9-10,12-15,23,28-29,31,33-34,37-38,40-41H,4,7-8,11,16-22,24H2,1-3,5-6H3. The summed E-state index contributed by atoms with van der Waals surface area (Å²) >= 11 is 0. The van der Waals surface area contributed by atoms with Gasteiger partial charge in [0.05, 0.1) is 18.3 Å². The van der Waals surface area contributed by atoms with Gasteiger partial charge in [-0.25, -0.2) is 0 Å². The number of ether oxygens (including phenoxy) is 1. The van der Waals surface area contributed by atoms with Gasteiger partial charge in [0.25, 0.3) is 0 Å². The summed E-state index contributed by atoms with van der Waals surface area (Å²) < 4.78 is 5.90. The molecule has 2 bridgehead atoms. The lowest BCUT2D eigenvalue weighted by atomic mass is 9.45. The minimum Gasteiger partial charge on any atom is -0.396 e. The highest BCUT2D eigenvalue weighted by atomic mass is 16.5. The smallest absolute Gasteiger partial charge is 0.145 e. The molecule has 0 aromatic carbocycles. The lowest BCUT2D eigenvalue weighted by Gasteiger charge is -2.61. The Morgan fingerprint density at radius 1 is 1.26 bits per heavy atom. The van der Waals surface area contributed by atoms with Crippen molar-refractivity contribution in [3.8, 4) is 0 Å². The van der Waals surface area contributed by atoms with E-state index in [1.807, 2.05) is 33.0 Å². The first-order valence-corrected chi connectivity index (χ1v) is 15.9. The van der Waals surface area contributed by atoms with Crippen molar-refractivity contribution in [1.29, 1.82) is 0 Å². The highest BCUT2D eigenvalue weighted by Crippen LogP contribution is 2.67. The van der Waals surface area contributed by atoms with Gasteiger partial charge in [0.15, 0.2) is 0 Å². The molecule has 0 aromatic heterocycles. The third-order valence-electron chi connectivity index (χ3n) is 10.0. The van der Waals surface area contributed by atoms with E-state index in [-0.39, 0.29) is 30.3 Å². The van der Waals surface area contributed by atoms with E-state index >= 15 is 0 Å². The molecule has 6 nitrogen and oxygen atoms in total. The Bertz CT molecular complexity index is 1100. The molecule has 7 atom stereocenters. The topological polar surface area (TPSA) is 99.0 Å². The van der Waals surface area contributed by atoms with Crippen LogP contribution in [0.4, 0.5) is 0 Å². The van der Waals surface area contributed by atoms with Crippen LogP contribution in [0, 0.1) is 29.1 Å². The number of rotatable bonds is 15. The van der Waals surface area contributed by atoms with Crippen molar-refractivity contribution in [2.24, 2.45) is 29.1 Å². The van der Waals surface area contributed by atoms with E-state index in [1.165, 1.54) is 5.57 Å². The Hall–Kier alpha value is -2.09. The number of aliphatic hydroxyl groups is 3. The molecule has 3 rings (SSSR count). The quantitative estimate of drug-likeness (QED) is 0.0867. The second-order valence-electron chi connectivity index (χ2n) is 12.8. The number of fused-ring (bicyclic) bond motifs is 3. The first-order valence-electron chi connectivity index (χ1n) is 15.9. The largest absolute Gasteiger partial charge is 0.396 e. The molecular weight excluding hydrogens is 526 g/mol. The summed E-state index contributed by atoms with van der Waals surface area (Å²) in [5, 5.41) is 38.4. The Labute approximate surface area is 254 Å². The minimum atomic E-state index is -1.14. The van der Waals surface area contributed by atoms with Crippen LogP contribution in [0.25, 0.3) is 0 Å². The van der Waals surface area contributed by atoms with E-state index in [0.29, 0.717) is 57.4 Å². The van der Waals surface area contributed by atoms with Crippen molar-refractivity contribution in [3.63, 3.8) is 0 Å². The monoisotopic (exact) mass is 581 g/mol. The summed E-state index contributed by atoms with van der Waals surface area (Å²) in [7, 11) is 1.88. The molecule has 6 heteroatoms. The normalized spacial score (nSPS) is 33.8. The lowest BCUT2D eigenvalue weighted by molar-refractivity contribution is -0.194. The molecule has 0 heterocycles. The fourth-order valence-corrected chi connectivity index (χ4v) is 8.05. The molecule has 0 radical (unpaired) electrons. The predicted octanol–water partition coefficient (Wildman–Crippen LogP) is 5.63. The van der Waals surface area contributed by atoms with Crippen molar-refractivity contribution >= 4 is 6.29 Å². The van der Waals surface area contributed by atoms with Crippen LogP contribution in [0.2, 0.25) is 0 Å². The second-order valence-corrected chi connectivity index (χ2v) is 12.8. The number of aliphatic hydroxyl groups excluding tert-OH is 2. The summed E-state index contributed by atoms with van der Waals surface area (Å²) in [6.07, 6.45) is 17.4. The number of carbonyl (C=O) groups excluding carboxylic acids is 1. The summed E-state index contributed by atoms with van der Waals surface area (Å²) in [6.45, 7) is 13.8. The Balaban J connectivity index is 2.07. The Morgan fingerprint density at radius 2 is 2.02 bits per heavy atom. The molecule has 0 saturated heterocycles. The fraction of sp³-hybridized carbons (Fsp3) is 0.639. The molecule has 3 aliphatic rings. The average molecular weight is 582 g/mol. The number of hydrogen-bond donors (Lipinski definition) is 4. The van der Waals surface area contributed by atoms with E-state index in [4.69, 9.17) is 4.74 Å². The van der Waals surface area contributed by atoms with Gasteiger partial charge >= 0.3 is 0 Å². The van der Waals surface area contributed by atoms with Gasteiger partial charge in [0.1, 0.15) is 6.29 Å². The highest BCUT2D eigenvalue weighted by Gasteiger charge is 2.68. The molecule has 0 amide bonds. The predicted molar refractivity (Wildman–Crippen MR) is 171 cm³/mol. The van der Waals surface area contributed by atoms with Gasteiger partial charge in [0.2, 0.25) is 0 Å². The summed E-state index contributed by atoms with van der Waals surface area (Å²) in [5.41, 5.74) is 3.06. The molecule has 2 fully saturated rings. The first kappa shape index (κ1) is 34.4. The third-order valence-corrected chi connectivity index (χ3v) is 10.0. The Morgan fingerprint density at radius 3 is 2.67 bits per heavy atom. The fourth-order valence-electron chi connectivity index (χ4n) is 8.05. The molecule has 42 heavy (non-hydrogen) atoms. The summed E-state index contributed by atoms with van der Waals surface area (Å²) in [5.74, 6) is -0.572. The van der Waals surface area contributed by atoms with Crippen LogP contribution in [-0.2, 0) is 9.53 Å². The molecular formula is C36H55NO5. The van der Waals surface area contributed by atoms with Crippen molar-refractivity contribution in [1.82, 2.24) is 5.32 Å². The van der Waals surface area contributed by atoms with Gasteiger partial charge in [-0.05, 0) is 109 Å². The van der Waals surface area contributed by atoms with Crippen molar-refractivity contribution in [2.75, 3.05) is 33.4 Å². The van der Waals surface area contributed by atoms with E-state index < -0.39 is 17.1 Å². The van der Waals surface area contributed by atoms with Crippen LogP contribution in [0.5, 0.6) is 0 Å². The minimum absolute atomic E-state index is 0.00588. The lowest BCUT2D eigenvalue weighted by Crippen LogP contribution is -2.65. The Kier molecular flexibility index (Phi) is 12.8. The zero-order valence-corrected chi connectivity index (χ0v) is 26.6. The number of hydrogen-bond acceptors (Lipinski definition) is 6. The van der Waals surface area contributed by atoms with E-state index in [2.05, 4.69) is 50.0 Å². The summed E-state index contributed by atoms with van der Waals surface area (Å²) in [6, 6.07) is 0. The van der Waals surface area contributed by atoms with Crippen LogP contribution < -0.4 is 5.32 Å². The number of carbonyl (C=O) groups is 1. The SMILES string of the molecule is C=C(C=CC=C(COCC)C1CCC2(C1O)C1C(=C(C)C=O)C(C=CC1CCO)CC2(O)CCNC)CCC=C(C)C. The van der Waals surface area contributed by atoms with Crippen molar-refractivity contribution in [2.45, 2.75) is 84.3 Å². The maximum Gasteiger partial charge on any atom is 0.145 e. The number of allylic oxidation sites excluding steroid dienone is 10. The van der Waals surface area contributed by atoms with Gasteiger partial charge in [-0.1, -0.05) is 59.8 Å². The van der Waals surface area contributed by atoms with Crippen LogP contribution in [0.3, 0.4) is 0 Å². The van der Waals surface area contributed by atoms with Gasteiger partial charge in [-0.15, -0.1) is 0 Å². The zero-order chi connectivity index (χ0) is 30.9. The van der Waals surface area contributed by atoms with E-state index in [0.717, 1.165) is 35.8 Å². The van der Waals surface area contributed by atoms with Gasteiger partial charge < -0.3 is 25.4 Å². The molecule has 1 spiro atoms. The maximum atomic E-state index is 12.6. The maximum absolute atomic E-state index is 12.6. The van der Waals surface area contributed by atoms with Crippen LogP contribution in [-0.4, -0.2) is 66.7 Å². The zero-order valence-electron chi connectivity index (χ0n) is 26.6. The number of nitrogens with one attached hydrogen (secondary N) is 1. The molecule has 7 unspecified atom stereocenters. The van der Waals surface area contributed by atoms with Gasteiger partial charge in [0, 0.05) is 30.5 Å². The van der Waals surface area contributed by atoms with E-state index in [1.54, 1.807) is 0 Å². The molecule has 3 aliphatic carbocycles. The molecule has 234 valence electrons. The van der Waals surface area contributed by atoms with Crippen LogP contribution in [0.15, 0.2) is 70.9 Å². The van der Waals surface area contributed by atoms with Crippen LogP contribution in [0.1, 0.15) is 72.6 Å². The molecule has 2 saturated carbocycles. The molecule has 0 aliphatic heterocycles. The van der Waals surface area contributed by atoms with Gasteiger partial charge in [-0.2, -0.15) is 0 Å². The van der Waals surface area contributed by atoms with E-state index in [9.17, 15) is 20.1 Å². The number of aldehydes is 1. The molecule has 4 N–H and O–H groups in total. The second kappa shape index (κ2) is 15.6. The summed E-state index contributed by atoms with van der Waals surface area (Å²) in [4.78, 5) is 12.2. The van der Waals surface area contributed by atoms with Crippen molar-refractivity contribution in [3.05, 3.63) is 70.9 Å². The van der Waals surface area contributed by atoms with Crippen molar-refractivity contribution < 1.29 is 24.9 Å². The highest BCUT2D eigenvalue weighted by molar-refractivity contribution is 5.74. The van der Waals surface area contributed by atoms with Gasteiger partial charge in [-0.3, -0.25) is 4.79 Å². The average Bonchev–Trinajstić information content (AvgIpc) is 3.30. The first-order chi connectivity index (χ1) is 20.1. The molecule has 0 aromatic rings. The third kappa shape index (κ3) is 7.16. The van der Waals surface area contributed by atoms with Crippen LogP contribution >= 0.6 is 0 Å².